The van der Waals surface area contributed by atoms with Crippen LogP contribution in [0.3, 0.4) is 0 Å². The number of carbonyl (C=O) groups is 3. The number of hydrogen-bond acceptors (Lipinski definition) is 8. The average molecular weight is 414 g/mol. The largest absolute Gasteiger partial charge is 0.508 e. The van der Waals surface area contributed by atoms with Crippen LogP contribution in [0.25, 0.3) is 5.76 Å². The molecule has 4 rings (SSSR count). The summed E-state index contributed by atoms with van der Waals surface area (Å²) in [6.07, 6.45) is 0.0608. The molecule has 1 aromatic rings. The number of amides is 1. The smallest absolute Gasteiger partial charge is 0.255 e. The fourth-order valence-corrected chi connectivity index (χ4v) is 5.26. The summed E-state index contributed by atoms with van der Waals surface area (Å²) in [5.74, 6) is -6.91. The van der Waals surface area contributed by atoms with Gasteiger partial charge in [-0.15, -0.1) is 0 Å². The number of rotatable bonds is 2. The molecular formula is C21H22N2O7. The van der Waals surface area contributed by atoms with Crippen molar-refractivity contribution >= 4 is 23.2 Å². The molecule has 3 aliphatic carbocycles. The van der Waals surface area contributed by atoms with E-state index in [1.165, 1.54) is 13.1 Å². The number of ketones is 2. The second kappa shape index (κ2) is 6.41. The van der Waals surface area contributed by atoms with Gasteiger partial charge in [0.05, 0.1) is 11.6 Å². The van der Waals surface area contributed by atoms with Crippen molar-refractivity contribution < 1.29 is 34.8 Å². The molecule has 1 saturated carbocycles. The molecule has 1 unspecified atom stereocenters. The van der Waals surface area contributed by atoms with Crippen LogP contribution in [0.5, 0.6) is 5.75 Å². The molecule has 0 radical (unpaired) electrons. The van der Waals surface area contributed by atoms with Crippen molar-refractivity contribution in [1.29, 1.82) is 0 Å². The number of phenolic OH excluding ortho intramolecular Hbond substituents is 1. The second-order valence-corrected chi connectivity index (χ2v) is 8.05. The molecule has 1 amide bonds. The van der Waals surface area contributed by atoms with E-state index < -0.39 is 58.0 Å². The average Bonchev–Trinajstić information content (AvgIpc) is 2.68. The summed E-state index contributed by atoms with van der Waals surface area (Å²) in [5, 5.41) is 45.9. The lowest BCUT2D eigenvalue weighted by Crippen LogP contribution is -2.65. The number of primary amides is 1. The Morgan fingerprint density at radius 1 is 1.23 bits per heavy atom. The third-order valence-corrected chi connectivity index (χ3v) is 6.75. The summed E-state index contributed by atoms with van der Waals surface area (Å²) in [6, 6.07) is 3.57. The molecule has 7 N–H and O–H groups in total. The number of nitrogens with one attached hydrogen (secondary N) is 1. The Morgan fingerprint density at radius 3 is 2.50 bits per heavy atom. The number of carbonyl (C=O) groups excluding carboxylic acids is 3. The van der Waals surface area contributed by atoms with Crippen LogP contribution in [-0.2, 0) is 14.4 Å². The number of aliphatic hydroxyl groups excluding tert-OH is 2. The number of hydrogen-bond donors (Lipinski definition) is 6. The van der Waals surface area contributed by atoms with Crippen molar-refractivity contribution in [3.05, 3.63) is 46.2 Å². The molecule has 9 nitrogen and oxygen atoms in total. The van der Waals surface area contributed by atoms with E-state index in [-0.39, 0.29) is 29.2 Å². The summed E-state index contributed by atoms with van der Waals surface area (Å²) in [7, 11) is 1.44. The maximum Gasteiger partial charge on any atom is 0.255 e. The minimum atomic E-state index is -2.62. The molecule has 0 bridgehead atoms. The number of likely N-dealkylation sites (N-methyl/N-ethyl adjacent to an activating group) is 1. The lowest BCUT2D eigenvalue weighted by molar-refractivity contribution is -0.150. The maximum atomic E-state index is 13.5. The van der Waals surface area contributed by atoms with Gasteiger partial charge in [-0.1, -0.05) is 19.1 Å². The van der Waals surface area contributed by atoms with Gasteiger partial charge in [-0.25, -0.2) is 0 Å². The highest BCUT2D eigenvalue weighted by Crippen LogP contribution is 2.55. The minimum Gasteiger partial charge on any atom is -0.508 e. The predicted octanol–water partition coefficient (Wildman–Crippen LogP) is 0.183. The highest BCUT2D eigenvalue weighted by molar-refractivity contribution is 6.24. The summed E-state index contributed by atoms with van der Waals surface area (Å²) in [4.78, 5) is 38.1. The zero-order chi connectivity index (χ0) is 22.1. The number of fused-ring (bicyclic) bond motifs is 3. The fourth-order valence-electron chi connectivity index (χ4n) is 5.26. The molecule has 30 heavy (non-hydrogen) atoms. The molecule has 0 aliphatic heterocycles. The number of phenols is 1. The first-order valence-corrected chi connectivity index (χ1v) is 9.54. The van der Waals surface area contributed by atoms with Crippen LogP contribution in [0.15, 0.2) is 35.1 Å². The van der Waals surface area contributed by atoms with Gasteiger partial charge in [0.2, 0.25) is 5.78 Å². The molecule has 0 saturated heterocycles. The van der Waals surface area contributed by atoms with Crippen LogP contribution >= 0.6 is 0 Å². The molecule has 1 fully saturated rings. The molecule has 9 heteroatoms. The van der Waals surface area contributed by atoms with E-state index in [9.17, 15) is 34.8 Å². The Labute approximate surface area is 171 Å². The van der Waals surface area contributed by atoms with Gasteiger partial charge in [0.1, 0.15) is 22.8 Å². The SMILES string of the molecule is CNC1C(=O)C(C(N)=O)=C(O)[C@@]2(O)C(=O)C3=C(O)c4c(O)cccc4[C@@H](C)[C@H]3C[C@@H]12. The van der Waals surface area contributed by atoms with Crippen molar-refractivity contribution in [3.8, 4) is 5.75 Å². The van der Waals surface area contributed by atoms with E-state index in [0.29, 0.717) is 5.56 Å². The molecule has 3 aliphatic rings. The van der Waals surface area contributed by atoms with Gasteiger partial charge in [0.15, 0.2) is 11.4 Å². The zero-order valence-electron chi connectivity index (χ0n) is 16.3. The van der Waals surface area contributed by atoms with Gasteiger partial charge < -0.3 is 31.5 Å². The topological polar surface area (TPSA) is 170 Å². The Hall–Kier alpha value is -3.17. The highest BCUT2D eigenvalue weighted by atomic mass is 16.3. The van der Waals surface area contributed by atoms with E-state index in [0.717, 1.165) is 0 Å². The molecule has 0 aromatic heterocycles. The Balaban J connectivity index is 2.00. The Kier molecular flexibility index (Phi) is 4.30. The van der Waals surface area contributed by atoms with Crippen molar-refractivity contribution in [2.45, 2.75) is 30.9 Å². The van der Waals surface area contributed by atoms with E-state index in [1.807, 2.05) is 6.92 Å². The molecule has 1 aromatic carbocycles. The number of aliphatic hydroxyl groups is 3. The van der Waals surface area contributed by atoms with Gasteiger partial charge in [-0.3, -0.25) is 14.4 Å². The first kappa shape index (κ1) is 20.1. The molecule has 158 valence electrons. The van der Waals surface area contributed by atoms with Gasteiger partial charge in [0.25, 0.3) is 5.91 Å². The normalized spacial score (nSPS) is 33.2. The second-order valence-electron chi connectivity index (χ2n) is 8.05. The molecule has 5 atom stereocenters. The van der Waals surface area contributed by atoms with Gasteiger partial charge in [0, 0.05) is 11.5 Å². The van der Waals surface area contributed by atoms with Crippen molar-refractivity contribution in [2.75, 3.05) is 7.05 Å². The number of benzene rings is 1. The number of Topliss-reactive ketones (excluding diaryl/α,β-unsaturated/α-hetero) is 2. The van der Waals surface area contributed by atoms with Gasteiger partial charge >= 0.3 is 0 Å². The van der Waals surface area contributed by atoms with Crippen LogP contribution < -0.4 is 11.1 Å². The highest BCUT2D eigenvalue weighted by Gasteiger charge is 2.64. The summed E-state index contributed by atoms with van der Waals surface area (Å²) < 4.78 is 0. The van der Waals surface area contributed by atoms with E-state index in [2.05, 4.69) is 5.32 Å². The standard InChI is InChI=1S/C21H22N2O7/c1-7-8-4-3-5-11(24)12(8)16(25)13-9(7)6-10-15(23-2)17(26)14(20(22)29)19(28)21(10,30)18(13)27/h3-5,7,9-10,15,23-25,28,30H,6H2,1-2H3,(H2,22,29)/t7-,9-,10+,15?,21+/m1/s1. The van der Waals surface area contributed by atoms with Crippen molar-refractivity contribution in [2.24, 2.45) is 17.6 Å². The van der Waals surface area contributed by atoms with Crippen LogP contribution in [0.2, 0.25) is 0 Å². The van der Waals surface area contributed by atoms with Gasteiger partial charge in [-0.05, 0) is 36.9 Å². The summed E-state index contributed by atoms with van der Waals surface area (Å²) in [6.45, 7) is 1.82. The monoisotopic (exact) mass is 414 g/mol. The van der Waals surface area contributed by atoms with E-state index >= 15 is 0 Å². The Morgan fingerprint density at radius 2 is 1.90 bits per heavy atom. The van der Waals surface area contributed by atoms with Gasteiger partial charge in [-0.2, -0.15) is 0 Å². The van der Waals surface area contributed by atoms with E-state index in [1.54, 1.807) is 12.1 Å². The number of aromatic hydroxyl groups is 1. The van der Waals surface area contributed by atoms with Crippen molar-refractivity contribution in [1.82, 2.24) is 5.32 Å². The van der Waals surface area contributed by atoms with Crippen LogP contribution in [0.4, 0.5) is 0 Å². The first-order valence-electron chi connectivity index (χ1n) is 9.54. The van der Waals surface area contributed by atoms with Crippen LogP contribution in [0, 0.1) is 11.8 Å². The predicted molar refractivity (Wildman–Crippen MR) is 104 cm³/mol. The number of nitrogens with two attached hydrogens (primary N) is 1. The zero-order valence-corrected chi connectivity index (χ0v) is 16.3. The van der Waals surface area contributed by atoms with Crippen LogP contribution in [-0.4, -0.2) is 56.6 Å². The third-order valence-electron chi connectivity index (χ3n) is 6.75. The minimum absolute atomic E-state index is 0.0608. The van der Waals surface area contributed by atoms with E-state index in [4.69, 9.17) is 5.73 Å². The quantitative estimate of drug-likeness (QED) is 0.372. The lowest BCUT2D eigenvalue weighted by Gasteiger charge is -2.50. The summed E-state index contributed by atoms with van der Waals surface area (Å²) >= 11 is 0. The third kappa shape index (κ3) is 2.27. The molecule has 0 spiro atoms. The first-order chi connectivity index (χ1) is 14.1. The molecule has 0 heterocycles. The molecular weight excluding hydrogens is 392 g/mol. The fraction of sp³-hybridized carbons (Fsp3) is 0.381. The van der Waals surface area contributed by atoms with Crippen LogP contribution in [0.1, 0.15) is 30.4 Å². The maximum absolute atomic E-state index is 13.5. The lowest BCUT2D eigenvalue weighted by atomic mass is 9.56. The van der Waals surface area contributed by atoms with Crippen molar-refractivity contribution in [3.63, 3.8) is 0 Å². The Bertz CT molecular complexity index is 1070. The summed E-state index contributed by atoms with van der Waals surface area (Å²) in [5.41, 5.74) is 2.33.